The maximum absolute atomic E-state index is 5.61. The molecule has 0 saturated carbocycles. The zero-order chi connectivity index (χ0) is 14.7. The number of rotatable bonds is 5. The highest BCUT2D eigenvalue weighted by molar-refractivity contribution is 5.77. The van der Waals surface area contributed by atoms with Crippen molar-refractivity contribution in [1.82, 2.24) is 4.98 Å². The smallest absolute Gasteiger partial charge is 0.195 e. The average Bonchev–Trinajstić information content (AvgIpc) is 2.95. The molecule has 4 nitrogen and oxygen atoms in total. The molecule has 2 aromatic carbocycles. The van der Waals surface area contributed by atoms with Crippen LogP contribution in [0.1, 0.15) is 18.4 Å². The van der Waals surface area contributed by atoms with Crippen molar-refractivity contribution in [3.63, 3.8) is 0 Å². The van der Waals surface area contributed by atoms with Gasteiger partial charge in [0.2, 0.25) is 0 Å². The lowest BCUT2D eigenvalue weighted by atomic mass is 10.2. The van der Waals surface area contributed by atoms with Gasteiger partial charge in [0.15, 0.2) is 11.5 Å². The van der Waals surface area contributed by atoms with Crippen molar-refractivity contribution >= 4 is 16.8 Å². The average molecular weight is 282 g/mol. The van der Waals surface area contributed by atoms with Gasteiger partial charge in [0.25, 0.3) is 0 Å². The van der Waals surface area contributed by atoms with E-state index in [-0.39, 0.29) is 0 Å². The van der Waals surface area contributed by atoms with E-state index in [0.717, 1.165) is 41.4 Å². The molecular weight excluding hydrogens is 264 g/mol. The van der Waals surface area contributed by atoms with Crippen LogP contribution in [-0.2, 0) is 13.0 Å². The van der Waals surface area contributed by atoms with Crippen molar-refractivity contribution < 1.29 is 9.15 Å². The van der Waals surface area contributed by atoms with Crippen molar-refractivity contribution in [2.45, 2.75) is 19.9 Å². The third-order valence-electron chi connectivity index (χ3n) is 3.39. The van der Waals surface area contributed by atoms with Gasteiger partial charge in [-0.3, -0.25) is 0 Å². The molecule has 0 saturated heterocycles. The molecule has 0 aliphatic rings. The number of fused-ring (bicyclic) bond motifs is 1. The number of oxazole rings is 1. The summed E-state index contributed by atoms with van der Waals surface area (Å²) in [6.07, 6.45) is 0.809. The van der Waals surface area contributed by atoms with Crippen LogP contribution in [-0.4, -0.2) is 12.1 Å². The Hall–Kier alpha value is -2.49. The van der Waals surface area contributed by atoms with Crippen molar-refractivity contribution in [1.29, 1.82) is 0 Å². The predicted molar refractivity (Wildman–Crippen MR) is 83.7 cm³/mol. The van der Waals surface area contributed by atoms with E-state index in [9.17, 15) is 0 Å². The van der Waals surface area contributed by atoms with E-state index in [4.69, 9.17) is 9.15 Å². The fraction of sp³-hybridized carbons (Fsp3) is 0.235. The summed E-state index contributed by atoms with van der Waals surface area (Å²) < 4.78 is 10.8. The molecule has 3 rings (SSSR count). The fourth-order valence-corrected chi connectivity index (χ4v) is 2.18. The second-order valence-corrected chi connectivity index (χ2v) is 4.85. The standard InChI is InChI=1S/C17H18N2O2/c1-3-17-19-15-10-13(6-9-16(15)21-17)18-11-12-4-7-14(20-2)8-5-12/h4-10,18H,3,11H2,1-2H3. The molecule has 108 valence electrons. The molecule has 1 heterocycles. The molecule has 0 radical (unpaired) electrons. The van der Waals surface area contributed by atoms with Gasteiger partial charge in [-0.1, -0.05) is 19.1 Å². The first-order valence-corrected chi connectivity index (χ1v) is 7.05. The molecule has 21 heavy (non-hydrogen) atoms. The minimum atomic E-state index is 0.758. The molecule has 0 spiro atoms. The Balaban J connectivity index is 1.71. The zero-order valence-corrected chi connectivity index (χ0v) is 12.2. The van der Waals surface area contributed by atoms with Crippen LogP contribution < -0.4 is 10.1 Å². The van der Waals surface area contributed by atoms with E-state index in [0.29, 0.717) is 0 Å². The van der Waals surface area contributed by atoms with E-state index in [1.165, 1.54) is 5.56 Å². The van der Waals surface area contributed by atoms with Gasteiger partial charge in [-0.2, -0.15) is 0 Å². The van der Waals surface area contributed by atoms with Crippen molar-refractivity contribution in [2.24, 2.45) is 0 Å². The van der Waals surface area contributed by atoms with Crippen LogP contribution in [0.2, 0.25) is 0 Å². The quantitative estimate of drug-likeness (QED) is 0.768. The minimum absolute atomic E-state index is 0.758. The van der Waals surface area contributed by atoms with Gasteiger partial charge in [-0.15, -0.1) is 0 Å². The topological polar surface area (TPSA) is 47.3 Å². The molecule has 0 aliphatic heterocycles. The molecule has 1 aromatic heterocycles. The van der Waals surface area contributed by atoms with Gasteiger partial charge in [0.1, 0.15) is 11.3 Å². The van der Waals surface area contributed by atoms with Gasteiger partial charge in [0.05, 0.1) is 7.11 Å². The maximum atomic E-state index is 5.61. The summed E-state index contributed by atoms with van der Waals surface area (Å²) in [5, 5.41) is 3.40. The van der Waals surface area contributed by atoms with E-state index >= 15 is 0 Å². The van der Waals surface area contributed by atoms with E-state index in [1.807, 2.05) is 37.3 Å². The van der Waals surface area contributed by atoms with E-state index in [2.05, 4.69) is 22.4 Å². The van der Waals surface area contributed by atoms with Crippen molar-refractivity contribution in [2.75, 3.05) is 12.4 Å². The third kappa shape index (κ3) is 2.99. The number of hydrogen-bond donors (Lipinski definition) is 1. The second-order valence-electron chi connectivity index (χ2n) is 4.85. The monoisotopic (exact) mass is 282 g/mol. The highest BCUT2D eigenvalue weighted by Gasteiger charge is 2.04. The van der Waals surface area contributed by atoms with Gasteiger partial charge in [0, 0.05) is 18.7 Å². The summed E-state index contributed by atoms with van der Waals surface area (Å²) in [5.41, 5.74) is 3.97. The Morgan fingerprint density at radius 2 is 1.95 bits per heavy atom. The second kappa shape index (κ2) is 5.87. The largest absolute Gasteiger partial charge is 0.497 e. The normalized spacial score (nSPS) is 10.8. The van der Waals surface area contributed by atoms with Gasteiger partial charge >= 0.3 is 0 Å². The number of hydrogen-bond acceptors (Lipinski definition) is 4. The van der Waals surface area contributed by atoms with Crippen LogP contribution in [0.4, 0.5) is 5.69 Å². The Morgan fingerprint density at radius 1 is 1.14 bits per heavy atom. The van der Waals surface area contributed by atoms with E-state index < -0.39 is 0 Å². The Morgan fingerprint density at radius 3 is 2.67 bits per heavy atom. The number of ether oxygens (including phenoxy) is 1. The highest BCUT2D eigenvalue weighted by Crippen LogP contribution is 2.21. The number of aryl methyl sites for hydroxylation is 1. The molecule has 4 heteroatoms. The molecule has 0 bridgehead atoms. The maximum Gasteiger partial charge on any atom is 0.195 e. The lowest BCUT2D eigenvalue weighted by Gasteiger charge is -2.07. The highest BCUT2D eigenvalue weighted by atomic mass is 16.5. The molecule has 0 atom stereocenters. The summed E-state index contributed by atoms with van der Waals surface area (Å²) in [6, 6.07) is 14.0. The first-order valence-electron chi connectivity index (χ1n) is 7.05. The zero-order valence-electron chi connectivity index (χ0n) is 12.2. The lowest BCUT2D eigenvalue weighted by molar-refractivity contribution is 0.414. The first-order chi connectivity index (χ1) is 10.3. The molecule has 1 N–H and O–H groups in total. The van der Waals surface area contributed by atoms with E-state index in [1.54, 1.807) is 7.11 Å². The molecule has 0 aliphatic carbocycles. The number of nitrogens with zero attached hydrogens (tertiary/aromatic N) is 1. The Labute approximate surface area is 123 Å². The number of aromatic nitrogens is 1. The lowest BCUT2D eigenvalue weighted by Crippen LogP contribution is -1.99. The van der Waals surface area contributed by atoms with Crippen LogP contribution >= 0.6 is 0 Å². The molecule has 3 aromatic rings. The summed E-state index contributed by atoms with van der Waals surface area (Å²) in [7, 11) is 1.67. The summed E-state index contributed by atoms with van der Waals surface area (Å²) >= 11 is 0. The summed E-state index contributed by atoms with van der Waals surface area (Å²) in [6.45, 7) is 2.79. The molecule has 0 amide bonds. The third-order valence-corrected chi connectivity index (χ3v) is 3.39. The SMILES string of the molecule is CCc1nc2cc(NCc3ccc(OC)cc3)ccc2o1. The fourth-order valence-electron chi connectivity index (χ4n) is 2.18. The van der Waals surface area contributed by atoms with Crippen molar-refractivity contribution in [3.05, 3.63) is 53.9 Å². The number of anilines is 1. The van der Waals surface area contributed by atoms with Crippen LogP contribution in [0.5, 0.6) is 5.75 Å². The van der Waals surface area contributed by atoms with Crippen LogP contribution in [0, 0.1) is 0 Å². The number of nitrogens with one attached hydrogen (secondary N) is 1. The number of methoxy groups -OCH3 is 1. The predicted octanol–water partition coefficient (Wildman–Crippen LogP) is 4.01. The van der Waals surface area contributed by atoms with Gasteiger partial charge in [-0.25, -0.2) is 4.98 Å². The molecular formula is C17H18N2O2. The Bertz CT molecular complexity index is 732. The van der Waals surface area contributed by atoms with Gasteiger partial charge in [-0.05, 0) is 35.9 Å². The summed E-state index contributed by atoms with van der Waals surface area (Å²) in [4.78, 5) is 4.45. The first kappa shape index (κ1) is 13.5. The summed E-state index contributed by atoms with van der Waals surface area (Å²) in [5.74, 6) is 1.65. The Kier molecular flexibility index (Phi) is 3.77. The van der Waals surface area contributed by atoms with Gasteiger partial charge < -0.3 is 14.5 Å². The molecule has 0 fully saturated rings. The minimum Gasteiger partial charge on any atom is -0.497 e. The molecule has 0 unspecified atom stereocenters. The number of benzene rings is 2. The van der Waals surface area contributed by atoms with Crippen LogP contribution in [0.15, 0.2) is 46.9 Å². The van der Waals surface area contributed by atoms with Crippen LogP contribution in [0.3, 0.4) is 0 Å². The van der Waals surface area contributed by atoms with Crippen LogP contribution in [0.25, 0.3) is 11.1 Å². The van der Waals surface area contributed by atoms with Crippen molar-refractivity contribution in [3.8, 4) is 5.75 Å².